The highest BCUT2D eigenvalue weighted by Gasteiger charge is 2.10. The van der Waals surface area contributed by atoms with Crippen molar-refractivity contribution >= 4 is 11.7 Å². The molecule has 0 saturated carbocycles. The molecule has 1 rings (SSSR count). The summed E-state index contributed by atoms with van der Waals surface area (Å²) in [4.78, 5) is 10.4. The van der Waals surface area contributed by atoms with Gasteiger partial charge in [0.1, 0.15) is 6.04 Å². The molecule has 0 aliphatic rings. The number of carboxylic acid groups (broad SMARTS) is 1. The van der Waals surface area contributed by atoms with Gasteiger partial charge in [-0.25, -0.2) is 0 Å². The summed E-state index contributed by atoms with van der Waals surface area (Å²) in [5.41, 5.74) is 7.35. The minimum Gasteiger partial charge on any atom is -0.480 e. The Labute approximate surface area is 82.7 Å². The van der Waals surface area contributed by atoms with Crippen molar-refractivity contribution in [3.8, 4) is 0 Å². The fraction of sp³-hybridized carbons (Fsp3) is 0.300. The van der Waals surface area contributed by atoms with Gasteiger partial charge in [-0.3, -0.25) is 4.79 Å². The quantitative estimate of drug-likeness (QED) is 0.663. The molecule has 0 aliphatic carbocycles. The Morgan fingerprint density at radius 2 is 2.21 bits per heavy atom. The van der Waals surface area contributed by atoms with Gasteiger partial charge in [0.25, 0.3) is 0 Å². The van der Waals surface area contributed by atoms with Crippen molar-refractivity contribution < 1.29 is 9.90 Å². The second-order valence-corrected chi connectivity index (χ2v) is 3.14. The lowest BCUT2D eigenvalue weighted by molar-refractivity contribution is -0.138. The topological polar surface area (TPSA) is 75.3 Å². The number of rotatable bonds is 4. The van der Waals surface area contributed by atoms with E-state index in [2.05, 4.69) is 5.32 Å². The maximum atomic E-state index is 10.4. The van der Waals surface area contributed by atoms with Gasteiger partial charge in [-0.15, -0.1) is 0 Å². The highest BCUT2D eigenvalue weighted by molar-refractivity contribution is 5.74. The molecule has 0 aliphatic heterocycles. The Morgan fingerprint density at radius 1 is 1.57 bits per heavy atom. The van der Waals surface area contributed by atoms with Crippen LogP contribution in [0.3, 0.4) is 0 Å². The van der Waals surface area contributed by atoms with Crippen molar-refractivity contribution in [3.63, 3.8) is 0 Å². The van der Waals surface area contributed by atoms with Gasteiger partial charge in [0.15, 0.2) is 0 Å². The maximum absolute atomic E-state index is 10.4. The van der Waals surface area contributed by atoms with Gasteiger partial charge < -0.3 is 16.2 Å². The van der Waals surface area contributed by atoms with Gasteiger partial charge in [0.2, 0.25) is 0 Å². The molecule has 1 aromatic carbocycles. The number of aryl methyl sites for hydroxylation is 1. The molecule has 1 atom stereocenters. The van der Waals surface area contributed by atoms with Gasteiger partial charge in [0, 0.05) is 12.2 Å². The number of nitrogens with two attached hydrogens (primary N) is 1. The van der Waals surface area contributed by atoms with Crippen LogP contribution in [0.25, 0.3) is 0 Å². The third-order valence-corrected chi connectivity index (χ3v) is 1.97. The Bertz CT molecular complexity index is 326. The average Bonchev–Trinajstić information content (AvgIpc) is 2.16. The van der Waals surface area contributed by atoms with Crippen LogP contribution in [0.2, 0.25) is 0 Å². The molecular weight excluding hydrogens is 180 g/mol. The van der Waals surface area contributed by atoms with Crippen molar-refractivity contribution in [1.82, 2.24) is 0 Å². The van der Waals surface area contributed by atoms with Crippen molar-refractivity contribution in [2.24, 2.45) is 5.73 Å². The van der Waals surface area contributed by atoms with Gasteiger partial charge in [-0.05, 0) is 18.6 Å². The van der Waals surface area contributed by atoms with Crippen molar-refractivity contribution in [3.05, 3.63) is 29.8 Å². The summed E-state index contributed by atoms with van der Waals surface area (Å²) in [5.74, 6) is -0.994. The van der Waals surface area contributed by atoms with E-state index in [1.165, 1.54) is 0 Å². The van der Waals surface area contributed by atoms with Crippen LogP contribution in [0.1, 0.15) is 5.56 Å². The molecule has 0 heterocycles. The number of anilines is 1. The zero-order valence-electron chi connectivity index (χ0n) is 8.03. The predicted octanol–water partition coefficient (Wildman–Crippen LogP) is 0.819. The molecule has 0 aromatic heterocycles. The number of nitrogens with one attached hydrogen (secondary N) is 1. The Morgan fingerprint density at radius 3 is 2.79 bits per heavy atom. The van der Waals surface area contributed by atoms with Gasteiger partial charge >= 0.3 is 5.97 Å². The Balaban J connectivity index is 2.54. The second kappa shape index (κ2) is 4.62. The molecule has 0 saturated heterocycles. The monoisotopic (exact) mass is 194 g/mol. The lowest BCUT2D eigenvalue weighted by atomic mass is 10.2. The largest absolute Gasteiger partial charge is 0.480 e. The van der Waals surface area contributed by atoms with E-state index < -0.39 is 12.0 Å². The fourth-order valence-electron chi connectivity index (χ4n) is 1.08. The van der Waals surface area contributed by atoms with Crippen molar-refractivity contribution in [2.45, 2.75) is 13.0 Å². The molecule has 4 nitrogen and oxygen atoms in total. The summed E-state index contributed by atoms with van der Waals surface area (Å²) < 4.78 is 0. The van der Waals surface area contributed by atoms with E-state index in [1.54, 1.807) is 0 Å². The summed E-state index contributed by atoms with van der Waals surface area (Å²) in [7, 11) is 0. The number of aliphatic carboxylic acids is 1. The number of para-hydroxylation sites is 1. The van der Waals surface area contributed by atoms with Crippen molar-refractivity contribution in [2.75, 3.05) is 11.9 Å². The zero-order chi connectivity index (χ0) is 10.6. The third kappa shape index (κ3) is 2.74. The van der Waals surface area contributed by atoms with Crippen molar-refractivity contribution in [1.29, 1.82) is 0 Å². The first kappa shape index (κ1) is 10.5. The average molecular weight is 194 g/mol. The van der Waals surface area contributed by atoms with Crippen LogP contribution in [0.5, 0.6) is 0 Å². The van der Waals surface area contributed by atoms with Crippen LogP contribution in [-0.2, 0) is 4.79 Å². The molecule has 0 spiro atoms. The molecule has 0 fully saturated rings. The summed E-state index contributed by atoms with van der Waals surface area (Å²) in [6.45, 7) is 2.19. The summed E-state index contributed by atoms with van der Waals surface area (Å²) in [6, 6.07) is 6.80. The summed E-state index contributed by atoms with van der Waals surface area (Å²) in [6.07, 6.45) is 0. The van der Waals surface area contributed by atoms with Gasteiger partial charge in [0.05, 0.1) is 0 Å². The SMILES string of the molecule is Cc1ccccc1NC[C@H](N)C(=O)O. The first-order chi connectivity index (χ1) is 6.61. The molecule has 0 radical (unpaired) electrons. The number of hydrogen-bond donors (Lipinski definition) is 3. The lowest BCUT2D eigenvalue weighted by Gasteiger charge is -2.11. The van der Waals surface area contributed by atoms with E-state index in [4.69, 9.17) is 10.8 Å². The Hall–Kier alpha value is -1.55. The molecule has 0 bridgehead atoms. The smallest absolute Gasteiger partial charge is 0.322 e. The number of benzene rings is 1. The maximum Gasteiger partial charge on any atom is 0.322 e. The standard InChI is InChI=1S/C10H14N2O2/c1-7-4-2-3-5-9(7)12-6-8(11)10(13)14/h2-5,8,12H,6,11H2,1H3,(H,13,14)/t8-/m0/s1. The second-order valence-electron chi connectivity index (χ2n) is 3.14. The number of carboxylic acids is 1. The first-order valence-corrected chi connectivity index (χ1v) is 4.39. The fourth-order valence-corrected chi connectivity index (χ4v) is 1.08. The van der Waals surface area contributed by atoms with Crippen LogP contribution in [0, 0.1) is 6.92 Å². The third-order valence-electron chi connectivity index (χ3n) is 1.97. The predicted molar refractivity (Wildman–Crippen MR) is 55.3 cm³/mol. The van der Waals surface area contributed by atoms with Gasteiger partial charge in [-0.1, -0.05) is 18.2 Å². The van der Waals surface area contributed by atoms with Crippen LogP contribution in [-0.4, -0.2) is 23.7 Å². The molecule has 4 heteroatoms. The molecule has 0 amide bonds. The van der Waals surface area contributed by atoms with Crippen LogP contribution in [0.15, 0.2) is 24.3 Å². The number of carbonyl (C=O) groups is 1. The van der Waals surface area contributed by atoms with E-state index in [-0.39, 0.29) is 6.54 Å². The molecule has 0 unspecified atom stereocenters. The van der Waals surface area contributed by atoms with Crippen LogP contribution in [0.4, 0.5) is 5.69 Å². The van der Waals surface area contributed by atoms with E-state index in [0.29, 0.717) is 0 Å². The Kier molecular flexibility index (Phi) is 3.48. The van der Waals surface area contributed by atoms with Crippen LogP contribution >= 0.6 is 0 Å². The molecule has 76 valence electrons. The lowest BCUT2D eigenvalue weighted by Crippen LogP contribution is -2.37. The van der Waals surface area contributed by atoms with E-state index in [0.717, 1.165) is 11.3 Å². The molecule has 14 heavy (non-hydrogen) atoms. The minimum absolute atomic E-state index is 0.236. The number of hydrogen-bond acceptors (Lipinski definition) is 3. The molecular formula is C10H14N2O2. The van der Waals surface area contributed by atoms with E-state index in [9.17, 15) is 4.79 Å². The molecule has 4 N–H and O–H groups in total. The van der Waals surface area contributed by atoms with Gasteiger partial charge in [-0.2, -0.15) is 0 Å². The van der Waals surface area contributed by atoms with E-state index in [1.807, 2.05) is 31.2 Å². The highest BCUT2D eigenvalue weighted by Crippen LogP contribution is 2.12. The first-order valence-electron chi connectivity index (χ1n) is 4.39. The molecule has 1 aromatic rings. The van der Waals surface area contributed by atoms with E-state index >= 15 is 0 Å². The minimum atomic E-state index is -0.994. The van der Waals surface area contributed by atoms with Crippen LogP contribution < -0.4 is 11.1 Å². The summed E-state index contributed by atoms with van der Waals surface area (Å²) in [5, 5.41) is 11.6. The highest BCUT2D eigenvalue weighted by atomic mass is 16.4. The summed E-state index contributed by atoms with van der Waals surface area (Å²) >= 11 is 0. The zero-order valence-corrected chi connectivity index (χ0v) is 8.03. The normalized spacial score (nSPS) is 12.1.